The lowest BCUT2D eigenvalue weighted by Crippen LogP contribution is -2.30. The van der Waals surface area contributed by atoms with E-state index in [4.69, 9.17) is 9.47 Å². The Morgan fingerprint density at radius 1 is 1.16 bits per heavy atom. The summed E-state index contributed by atoms with van der Waals surface area (Å²) in [6.45, 7) is 4.40. The van der Waals surface area contributed by atoms with Crippen LogP contribution in [0, 0.1) is 6.92 Å². The van der Waals surface area contributed by atoms with Crippen LogP contribution < -0.4 is 10.6 Å². The maximum absolute atomic E-state index is 11.5. The van der Waals surface area contributed by atoms with Crippen molar-refractivity contribution in [1.82, 2.24) is 5.32 Å². The monoisotopic (exact) mass is 266 g/mol. The van der Waals surface area contributed by atoms with Crippen molar-refractivity contribution in [2.75, 3.05) is 38.8 Å². The highest BCUT2D eigenvalue weighted by Gasteiger charge is 2.00. The molecule has 0 heterocycles. The zero-order chi connectivity index (χ0) is 13.9. The van der Waals surface area contributed by atoms with Gasteiger partial charge in [0, 0.05) is 25.9 Å². The molecule has 0 unspecified atom stereocenters. The predicted octanol–water partition coefficient (Wildman–Crippen LogP) is 2.17. The van der Waals surface area contributed by atoms with Gasteiger partial charge in [0.25, 0.3) is 0 Å². The molecule has 2 N–H and O–H groups in total. The Morgan fingerprint density at radius 2 is 1.89 bits per heavy atom. The first-order chi connectivity index (χ1) is 9.22. The van der Waals surface area contributed by atoms with Crippen molar-refractivity contribution in [1.29, 1.82) is 0 Å². The summed E-state index contributed by atoms with van der Waals surface area (Å²) in [4.78, 5) is 11.5. The van der Waals surface area contributed by atoms with Gasteiger partial charge in [-0.2, -0.15) is 0 Å². The van der Waals surface area contributed by atoms with Gasteiger partial charge < -0.3 is 20.1 Å². The van der Waals surface area contributed by atoms with Crippen LogP contribution >= 0.6 is 0 Å². The van der Waals surface area contributed by atoms with Crippen LogP contribution in [-0.2, 0) is 9.47 Å². The van der Waals surface area contributed by atoms with Crippen LogP contribution in [0.1, 0.15) is 12.0 Å². The summed E-state index contributed by atoms with van der Waals surface area (Å²) >= 11 is 0. The number of anilines is 1. The quantitative estimate of drug-likeness (QED) is 0.709. The average molecular weight is 266 g/mol. The highest BCUT2D eigenvalue weighted by Crippen LogP contribution is 2.07. The average Bonchev–Trinajstić information content (AvgIpc) is 2.40. The van der Waals surface area contributed by atoms with Crippen molar-refractivity contribution in [3.8, 4) is 0 Å². The normalized spacial score (nSPS) is 10.2. The van der Waals surface area contributed by atoms with Crippen molar-refractivity contribution in [2.24, 2.45) is 0 Å². The van der Waals surface area contributed by atoms with Gasteiger partial charge in [-0.1, -0.05) is 17.7 Å². The van der Waals surface area contributed by atoms with Gasteiger partial charge >= 0.3 is 6.03 Å². The van der Waals surface area contributed by atoms with E-state index in [1.165, 1.54) is 5.56 Å². The minimum absolute atomic E-state index is 0.194. The van der Waals surface area contributed by atoms with Gasteiger partial charge in [-0.3, -0.25) is 0 Å². The minimum Gasteiger partial charge on any atom is -0.382 e. The molecule has 1 aromatic rings. The zero-order valence-corrected chi connectivity index (χ0v) is 11.6. The van der Waals surface area contributed by atoms with Crippen LogP contribution in [0.25, 0.3) is 0 Å². The fraction of sp³-hybridized carbons (Fsp3) is 0.500. The number of nitrogens with one attached hydrogen (secondary N) is 2. The van der Waals surface area contributed by atoms with E-state index in [9.17, 15) is 4.79 Å². The second kappa shape index (κ2) is 9.35. The number of aryl methyl sites for hydroxylation is 1. The smallest absolute Gasteiger partial charge is 0.319 e. The van der Waals surface area contributed by atoms with E-state index in [-0.39, 0.29) is 6.03 Å². The molecule has 0 saturated heterocycles. The van der Waals surface area contributed by atoms with Gasteiger partial charge in [0.2, 0.25) is 0 Å². The maximum Gasteiger partial charge on any atom is 0.319 e. The first kappa shape index (κ1) is 15.5. The van der Waals surface area contributed by atoms with Crippen LogP contribution in [0.15, 0.2) is 24.3 Å². The maximum atomic E-state index is 11.5. The third kappa shape index (κ3) is 7.43. The first-order valence-electron chi connectivity index (χ1n) is 6.40. The van der Waals surface area contributed by atoms with Crippen molar-refractivity contribution >= 4 is 11.7 Å². The van der Waals surface area contributed by atoms with Crippen molar-refractivity contribution < 1.29 is 14.3 Å². The topological polar surface area (TPSA) is 59.6 Å². The van der Waals surface area contributed by atoms with Gasteiger partial charge in [-0.05, 0) is 25.5 Å². The SMILES string of the molecule is COCCOCCCNC(=O)Nc1ccc(C)cc1. The highest BCUT2D eigenvalue weighted by molar-refractivity contribution is 5.89. The van der Waals surface area contributed by atoms with E-state index in [0.717, 1.165) is 12.1 Å². The largest absolute Gasteiger partial charge is 0.382 e. The molecule has 1 rings (SSSR count). The van der Waals surface area contributed by atoms with Gasteiger partial charge in [-0.25, -0.2) is 4.79 Å². The number of amides is 2. The van der Waals surface area contributed by atoms with Crippen molar-refractivity contribution in [3.05, 3.63) is 29.8 Å². The van der Waals surface area contributed by atoms with Crippen molar-refractivity contribution in [2.45, 2.75) is 13.3 Å². The summed E-state index contributed by atoms with van der Waals surface area (Å²) in [5.41, 5.74) is 1.96. The zero-order valence-electron chi connectivity index (χ0n) is 11.6. The van der Waals surface area contributed by atoms with E-state index >= 15 is 0 Å². The molecular weight excluding hydrogens is 244 g/mol. The number of urea groups is 1. The summed E-state index contributed by atoms with van der Waals surface area (Å²) < 4.78 is 10.1. The molecule has 0 fully saturated rings. The summed E-state index contributed by atoms with van der Waals surface area (Å²) in [6.07, 6.45) is 0.783. The number of hydrogen-bond donors (Lipinski definition) is 2. The molecule has 106 valence electrons. The van der Waals surface area contributed by atoms with Crippen LogP contribution in [0.4, 0.5) is 10.5 Å². The molecule has 0 spiro atoms. The molecule has 19 heavy (non-hydrogen) atoms. The number of rotatable bonds is 8. The fourth-order valence-corrected chi connectivity index (χ4v) is 1.43. The van der Waals surface area contributed by atoms with Crippen LogP contribution in [-0.4, -0.2) is 39.5 Å². The molecule has 0 bridgehead atoms. The number of methoxy groups -OCH3 is 1. The molecule has 0 aliphatic heterocycles. The van der Waals surface area contributed by atoms with E-state index < -0.39 is 0 Å². The third-order valence-corrected chi connectivity index (χ3v) is 2.49. The van der Waals surface area contributed by atoms with E-state index in [2.05, 4.69) is 10.6 Å². The molecule has 1 aromatic carbocycles. The Hall–Kier alpha value is -1.59. The summed E-state index contributed by atoms with van der Waals surface area (Å²) in [5.74, 6) is 0. The molecule has 0 aliphatic rings. The molecule has 5 heteroatoms. The number of hydrogen-bond acceptors (Lipinski definition) is 3. The molecule has 0 saturated carbocycles. The summed E-state index contributed by atoms with van der Waals surface area (Å²) in [5, 5.41) is 5.54. The number of ether oxygens (including phenoxy) is 2. The third-order valence-electron chi connectivity index (χ3n) is 2.49. The first-order valence-corrected chi connectivity index (χ1v) is 6.40. The molecule has 2 amide bonds. The number of benzene rings is 1. The summed E-state index contributed by atoms with van der Waals surface area (Å²) in [7, 11) is 1.64. The summed E-state index contributed by atoms with van der Waals surface area (Å²) in [6, 6.07) is 7.48. The van der Waals surface area contributed by atoms with Crippen molar-refractivity contribution in [3.63, 3.8) is 0 Å². The molecule has 0 aromatic heterocycles. The molecule has 0 aliphatic carbocycles. The molecular formula is C14H22N2O3. The lowest BCUT2D eigenvalue weighted by molar-refractivity contribution is 0.0697. The second-order valence-corrected chi connectivity index (χ2v) is 4.21. The molecule has 0 radical (unpaired) electrons. The van der Waals surface area contributed by atoms with E-state index in [1.807, 2.05) is 31.2 Å². The standard InChI is InChI=1S/C14H22N2O3/c1-12-4-6-13(7-5-12)16-14(17)15-8-3-9-19-11-10-18-2/h4-7H,3,8-11H2,1-2H3,(H2,15,16,17). The van der Waals surface area contributed by atoms with E-state index in [0.29, 0.717) is 26.4 Å². The fourth-order valence-electron chi connectivity index (χ4n) is 1.43. The number of carbonyl (C=O) groups is 1. The number of carbonyl (C=O) groups excluding carboxylic acids is 1. The van der Waals surface area contributed by atoms with Crippen LogP contribution in [0.5, 0.6) is 0 Å². The Labute approximate surface area is 114 Å². The second-order valence-electron chi connectivity index (χ2n) is 4.21. The Morgan fingerprint density at radius 3 is 2.58 bits per heavy atom. The molecule has 5 nitrogen and oxygen atoms in total. The van der Waals surface area contributed by atoms with Gasteiger partial charge in [-0.15, -0.1) is 0 Å². The highest BCUT2D eigenvalue weighted by atomic mass is 16.5. The lowest BCUT2D eigenvalue weighted by Gasteiger charge is -2.08. The lowest BCUT2D eigenvalue weighted by atomic mass is 10.2. The predicted molar refractivity (Wildman–Crippen MR) is 75.5 cm³/mol. The Bertz CT molecular complexity index is 365. The van der Waals surface area contributed by atoms with Crippen LogP contribution in [0.2, 0.25) is 0 Å². The van der Waals surface area contributed by atoms with Crippen LogP contribution in [0.3, 0.4) is 0 Å². The van der Waals surface area contributed by atoms with Gasteiger partial charge in [0.05, 0.1) is 13.2 Å². The minimum atomic E-state index is -0.194. The van der Waals surface area contributed by atoms with Gasteiger partial charge in [0.15, 0.2) is 0 Å². The Balaban J connectivity index is 2.06. The Kier molecular flexibility index (Phi) is 7.62. The molecule has 0 atom stereocenters. The van der Waals surface area contributed by atoms with Gasteiger partial charge in [0.1, 0.15) is 0 Å². The van der Waals surface area contributed by atoms with E-state index in [1.54, 1.807) is 7.11 Å².